The molecule has 0 aromatic rings. The summed E-state index contributed by atoms with van der Waals surface area (Å²) in [6.07, 6.45) is 6.52. The van der Waals surface area contributed by atoms with Gasteiger partial charge in [0.25, 0.3) is 0 Å². The number of hydrogen-bond acceptors (Lipinski definition) is 0. The van der Waals surface area contributed by atoms with E-state index in [4.69, 9.17) is 0 Å². The van der Waals surface area contributed by atoms with E-state index in [1.165, 1.54) is 11.1 Å². The molecule has 1 aliphatic carbocycles. The van der Waals surface area contributed by atoms with Crippen molar-refractivity contribution in [2.24, 2.45) is 0 Å². The van der Waals surface area contributed by atoms with Gasteiger partial charge in [-0.15, -0.1) is 0 Å². The van der Waals surface area contributed by atoms with Gasteiger partial charge < -0.3 is 0 Å². The molecule has 0 saturated carbocycles. The molecule has 0 fully saturated rings. The zero-order valence-electron chi connectivity index (χ0n) is 5.22. The Hall–Kier alpha value is -0.261. The maximum absolute atomic E-state index is 2.34. The van der Waals surface area contributed by atoms with Crippen LogP contribution in [0, 0.1) is 4.82 Å². The molecule has 1 heteroatoms. The summed E-state index contributed by atoms with van der Waals surface area (Å²) < 4.78 is 0. The number of allylic oxidation sites excluding steroid dienone is 5. The first-order chi connectivity index (χ1) is 4.38. The van der Waals surface area contributed by atoms with E-state index in [1.54, 1.807) is 4.82 Å². The van der Waals surface area contributed by atoms with Crippen LogP contribution in [0.2, 0.25) is 0 Å². The van der Waals surface area contributed by atoms with E-state index >= 15 is 0 Å². The van der Waals surface area contributed by atoms with E-state index in [-0.39, 0.29) is 0 Å². The van der Waals surface area contributed by atoms with Crippen molar-refractivity contribution in [1.82, 2.24) is 0 Å². The van der Waals surface area contributed by atoms with Crippen molar-refractivity contribution >= 4 is 15.0 Å². The first-order valence-electron chi connectivity index (χ1n) is 2.97. The van der Waals surface area contributed by atoms with Crippen LogP contribution >= 0.6 is 0 Å². The summed E-state index contributed by atoms with van der Waals surface area (Å²) in [7, 11) is 0. The Morgan fingerprint density at radius 2 is 2.33 bits per heavy atom. The maximum atomic E-state index is 2.34. The van der Waals surface area contributed by atoms with Gasteiger partial charge in [0.05, 0.1) is 0 Å². The third-order valence-electron chi connectivity index (χ3n) is 1.59. The predicted octanol–water partition coefficient (Wildman–Crippen LogP) is 1.64. The van der Waals surface area contributed by atoms with E-state index in [1.807, 2.05) is 0 Å². The van der Waals surface area contributed by atoms with E-state index in [0.717, 1.165) is 0 Å². The van der Waals surface area contributed by atoms with Gasteiger partial charge in [0.1, 0.15) is 0 Å². The quantitative estimate of drug-likeness (QED) is 0.499. The minimum absolute atomic E-state index is 0.659. The first-order valence-corrected chi connectivity index (χ1v) is 4.82. The Morgan fingerprint density at radius 1 is 1.44 bits per heavy atom. The van der Waals surface area contributed by atoms with Crippen LogP contribution in [-0.2, 0) is 0 Å². The van der Waals surface area contributed by atoms with Crippen molar-refractivity contribution in [1.29, 1.82) is 0 Å². The van der Waals surface area contributed by atoms with Crippen molar-refractivity contribution in [2.75, 3.05) is 0 Å². The van der Waals surface area contributed by atoms with Crippen LogP contribution in [0.25, 0.3) is 0 Å². The standard InChI is InChI=1S/C8H7Se/c1-6-8-4-2-3-7(8)5-9-6/h2-5H,1H3. The molecule has 0 aromatic heterocycles. The van der Waals surface area contributed by atoms with E-state index in [0.29, 0.717) is 15.0 Å². The van der Waals surface area contributed by atoms with Crippen LogP contribution in [0.4, 0.5) is 0 Å². The average molecular weight is 182 g/mol. The van der Waals surface area contributed by atoms with Crippen molar-refractivity contribution < 1.29 is 0 Å². The van der Waals surface area contributed by atoms with Crippen molar-refractivity contribution in [3.05, 3.63) is 39.2 Å². The summed E-state index contributed by atoms with van der Waals surface area (Å²) in [6.45, 7) is 2.22. The van der Waals surface area contributed by atoms with Crippen LogP contribution in [0.5, 0.6) is 0 Å². The predicted molar refractivity (Wildman–Crippen MR) is 40.0 cm³/mol. The molecule has 0 bridgehead atoms. The van der Waals surface area contributed by atoms with Crippen molar-refractivity contribution in [2.45, 2.75) is 6.92 Å². The van der Waals surface area contributed by atoms with Crippen LogP contribution in [0.15, 0.2) is 34.3 Å². The fraction of sp³-hybridized carbons (Fsp3) is 0.125. The van der Waals surface area contributed by atoms with Gasteiger partial charge in [0.2, 0.25) is 0 Å². The normalized spacial score (nSPS) is 24.1. The Labute approximate surface area is 61.5 Å². The molecule has 0 N–H and O–H groups in total. The summed E-state index contributed by atoms with van der Waals surface area (Å²) in [5.41, 5.74) is 2.93. The molecule has 1 aliphatic heterocycles. The van der Waals surface area contributed by atoms with E-state index in [2.05, 4.69) is 30.1 Å². The fourth-order valence-corrected chi connectivity index (χ4v) is 2.80. The zero-order valence-corrected chi connectivity index (χ0v) is 6.93. The molecule has 9 heavy (non-hydrogen) atoms. The van der Waals surface area contributed by atoms with Crippen molar-refractivity contribution in [3.63, 3.8) is 0 Å². The second kappa shape index (κ2) is 1.86. The van der Waals surface area contributed by atoms with Crippen LogP contribution < -0.4 is 0 Å². The Balaban J connectivity index is 2.42. The molecule has 2 aliphatic rings. The summed E-state index contributed by atoms with van der Waals surface area (Å²) in [6, 6.07) is 0. The second-order valence-electron chi connectivity index (χ2n) is 2.19. The molecule has 0 unspecified atom stereocenters. The molecule has 1 heterocycles. The number of rotatable bonds is 0. The van der Waals surface area contributed by atoms with E-state index < -0.39 is 0 Å². The summed E-state index contributed by atoms with van der Waals surface area (Å²) in [5.74, 6) is 0. The molecule has 0 nitrogen and oxygen atoms in total. The average Bonchev–Trinajstić information content (AvgIpc) is 2.35. The van der Waals surface area contributed by atoms with Gasteiger partial charge in [-0.25, -0.2) is 0 Å². The van der Waals surface area contributed by atoms with Gasteiger partial charge >= 0.3 is 61.0 Å². The van der Waals surface area contributed by atoms with E-state index in [9.17, 15) is 0 Å². The molecule has 0 atom stereocenters. The number of hydrogen-bond donors (Lipinski definition) is 0. The molecule has 45 valence electrons. The molecule has 1 radical (unpaired) electrons. The molecular weight excluding hydrogens is 175 g/mol. The molecule has 2 rings (SSSR count). The van der Waals surface area contributed by atoms with Gasteiger partial charge in [-0.3, -0.25) is 0 Å². The van der Waals surface area contributed by atoms with Gasteiger partial charge in [-0.1, -0.05) is 0 Å². The summed E-state index contributed by atoms with van der Waals surface area (Å²) in [4.78, 5) is 3.92. The summed E-state index contributed by atoms with van der Waals surface area (Å²) in [5, 5.41) is 0. The third kappa shape index (κ3) is 0.726. The fourth-order valence-electron chi connectivity index (χ4n) is 1.07. The molecule has 0 aromatic carbocycles. The monoisotopic (exact) mass is 183 g/mol. The van der Waals surface area contributed by atoms with Crippen molar-refractivity contribution in [3.8, 4) is 0 Å². The van der Waals surface area contributed by atoms with Crippen LogP contribution in [-0.4, -0.2) is 15.0 Å². The van der Waals surface area contributed by atoms with Crippen LogP contribution in [0.3, 0.4) is 0 Å². The molecule has 0 amide bonds. The summed E-state index contributed by atoms with van der Waals surface area (Å²) >= 11 is 0.659. The molecular formula is C8H7Se. The Bertz CT molecular complexity index is 221. The van der Waals surface area contributed by atoms with Gasteiger partial charge in [-0.2, -0.15) is 0 Å². The second-order valence-corrected chi connectivity index (χ2v) is 4.46. The van der Waals surface area contributed by atoms with Gasteiger partial charge in [0.15, 0.2) is 0 Å². The topological polar surface area (TPSA) is 0 Å². The zero-order chi connectivity index (χ0) is 6.27. The molecule has 0 saturated heterocycles. The van der Waals surface area contributed by atoms with Gasteiger partial charge in [-0.05, 0) is 0 Å². The van der Waals surface area contributed by atoms with Gasteiger partial charge in [0, 0.05) is 0 Å². The first kappa shape index (κ1) is 5.52. The number of fused-ring (bicyclic) bond motifs is 1. The molecule has 0 spiro atoms. The third-order valence-corrected chi connectivity index (χ3v) is 3.57. The Morgan fingerprint density at radius 3 is 3.11 bits per heavy atom. The SMILES string of the molecule is C[C]1[Se]C=C2C=CC=C12. The minimum atomic E-state index is 0.659. The van der Waals surface area contributed by atoms with Crippen LogP contribution in [0.1, 0.15) is 6.92 Å². The Kier molecular flexibility index (Phi) is 1.14.